The largest absolute Gasteiger partial charge is 0.504 e. The topological polar surface area (TPSA) is 76.8 Å². The van der Waals surface area contributed by atoms with E-state index in [2.05, 4.69) is 38.8 Å². The highest BCUT2D eigenvalue weighted by atomic mass is 16.3. The van der Waals surface area contributed by atoms with Crippen molar-refractivity contribution >= 4 is 5.82 Å². The number of rotatable bonds is 6. The first-order valence-corrected chi connectivity index (χ1v) is 8.20. The summed E-state index contributed by atoms with van der Waals surface area (Å²) < 4.78 is 2.21. The van der Waals surface area contributed by atoms with Crippen molar-refractivity contribution in [3.63, 3.8) is 0 Å². The molecule has 2 heterocycles. The Bertz CT molecular complexity index is 700. The number of anilines is 1. The van der Waals surface area contributed by atoms with Gasteiger partial charge in [-0.2, -0.15) is 0 Å². The van der Waals surface area contributed by atoms with Gasteiger partial charge in [-0.25, -0.2) is 4.98 Å². The van der Waals surface area contributed by atoms with Crippen LogP contribution in [0.1, 0.15) is 11.3 Å². The Labute approximate surface area is 142 Å². The molecule has 0 bridgehead atoms. The van der Waals surface area contributed by atoms with Gasteiger partial charge in [0.05, 0.1) is 18.7 Å². The lowest BCUT2D eigenvalue weighted by Crippen LogP contribution is -2.38. The summed E-state index contributed by atoms with van der Waals surface area (Å²) >= 11 is 0. The number of benzene rings is 1. The average molecular weight is 331 g/mol. The SMILES string of the molecule is CN1Cc2c(ncn2CCNCCc2ccc(O)c(O)c2)N(C)C1. The van der Waals surface area contributed by atoms with Gasteiger partial charge in [0, 0.05) is 26.7 Å². The zero-order valence-corrected chi connectivity index (χ0v) is 14.2. The molecule has 24 heavy (non-hydrogen) atoms. The second-order valence-corrected chi connectivity index (χ2v) is 6.38. The molecular weight excluding hydrogens is 306 g/mol. The number of aromatic nitrogens is 2. The minimum atomic E-state index is -0.0773. The molecule has 7 nitrogen and oxygen atoms in total. The highest BCUT2D eigenvalue weighted by molar-refractivity contribution is 5.45. The minimum absolute atomic E-state index is 0.0641. The van der Waals surface area contributed by atoms with Gasteiger partial charge in [-0.05, 0) is 37.7 Å². The number of hydrogen-bond acceptors (Lipinski definition) is 6. The third kappa shape index (κ3) is 3.63. The molecule has 0 amide bonds. The molecular formula is C17H25N5O2. The highest BCUT2D eigenvalue weighted by Gasteiger charge is 2.21. The molecule has 0 radical (unpaired) electrons. The average Bonchev–Trinajstić information content (AvgIpc) is 2.94. The molecule has 0 aliphatic carbocycles. The quantitative estimate of drug-likeness (QED) is 0.541. The van der Waals surface area contributed by atoms with Crippen molar-refractivity contribution < 1.29 is 10.2 Å². The monoisotopic (exact) mass is 331 g/mol. The van der Waals surface area contributed by atoms with Crippen LogP contribution in [0.4, 0.5) is 5.82 Å². The summed E-state index contributed by atoms with van der Waals surface area (Å²) in [7, 11) is 4.18. The van der Waals surface area contributed by atoms with Crippen molar-refractivity contribution in [2.24, 2.45) is 0 Å². The van der Waals surface area contributed by atoms with Gasteiger partial charge in [-0.3, -0.25) is 4.90 Å². The summed E-state index contributed by atoms with van der Waals surface area (Å²) in [6, 6.07) is 4.96. The summed E-state index contributed by atoms with van der Waals surface area (Å²) in [5.74, 6) is 0.935. The van der Waals surface area contributed by atoms with Crippen LogP contribution in [0, 0.1) is 0 Å². The van der Waals surface area contributed by atoms with Crippen molar-refractivity contribution in [3.05, 3.63) is 35.8 Å². The van der Waals surface area contributed by atoms with Crippen LogP contribution >= 0.6 is 0 Å². The van der Waals surface area contributed by atoms with Crippen LogP contribution in [0.5, 0.6) is 11.5 Å². The second kappa shape index (κ2) is 7.11. The number of phenolic OH excluding ortho intramolecular Hbond substituents is 2. The van der Waals surface area contributed by atoms with Crippen LogP contribution < -0.4 is 10.2 Å². The van der Waals surface area contributed by atoms with Gasteiger partial charge < -0.3 is 25.0 Å². The number of fused-ring (bicyclic) bond motifs is 1. The molecule has 3 rings (SSSR count). The van der Waals surface area contributed by atoms with E-state index in [4.69, 9.17) is 0 Å². The second-order valence-electron chi connectivity index (χ2n) is 6.38. The molecule has 1 aliphatic heterocycles. The molecule has 1 aromatic heterocycles. The summed E-state index contributed by atoms with van der Waals surface area (Å²) in [5.41, 5.74) is 2.26. The number of hydrogen-bond donors (Lipinski definition) is 3. The molecule has 0 spiro atoms. The fourth-order valence-corrected chi connectivity index (χ4v) is 3.09. The Balaban J connectivity index is 1.46. The van der Waals surface area contributed by atoms with Gasteiger partial charge in [0.25, 0.3) is 0 Å². The summed E-state index contributed by atoms with van der Waals surface area (Å²) in [6.07, 6.45) is 2.72. The van der Waals surface area contributed by atoms with Crippen LogP contribution in [0.25, 0.3) is 0 Å². The van der Waals surface area contributed by atoms with Gasteiger partial charge in [-0.15, -0.1) is 0 Å². The van der Waals surface area contributed by atoms with Gasteiger partial charge in [0.2, 0.25) is 0 Å². The highest BCUT2D eigenvalue weighted by Crippen LogP contribution is 2.25. The Kier molecular flexibility index (Phi) is 4.92. The van der Waals surface area contributed by atoms with E-state index in [1.54, 1.807) is 6.07 Å². The maximum Gasteiger partial charge on any atom is 0.157 e. The number of imidazole rings is 1. The van der Waals surface area contributed by atoms with Crippen LogP contribution in [0.15, 0.2) is 24.5 Å². The molecule has 3 N–H and O–H groups in total. The molecule has 0 unspecified atom stereocenters. The smallest absolute Gasteiger partial charge is 0.157 e. The summed E-state index contributed by atoms with van der Waals surface area (Å²) in [6.45, 7) is 4.39. The lowest BCUT2D eigenvalue weighted by Gasteiger charge is -2.31. The molecule has 0 saturated carbocycles. The first-order chi connectivity index (χ1) is 11.5. The molecule has 130 valence electrons. The fourth-order valence-electron chi connectivity index (χ4n) is 3.09. The van der Waals surface area contributed by atoms with E-state index in [1.165, 1.54) is 11.8 Å². The molecule has 2 aromatic rings. The van der Waals surface area contributed by atoms with Crippen molar-refractivity contribution in [1.29, 1.82) is 0 Å². The van der Waals surface area contributed by atoms with Gasteiger partial charge in [-0.1, -0.05) is 6.07 Å². The van der Waals surface area contributed by atoms with Crippen molar-refractivity contribution in [3.8, 4) is 11.5 Å². The molecule has 7 heteroatoms. The lowest BCUT2D eigenvalue weighted by atomic mass is 10.1. The Hall–Kier alpha value is -2.25. The zero-order valence-electron chi connectivity index (χ0n) is 14.2. The van der Waals surface area contributed by atoms with E-state index in [1.807, 2.05) is 12.4 Å². The van der Waals surface area contributed by atoms with Gasteiger partial charge in [0.1, 0.15) is 0 Å². The number of phenols is 2. The molecule has 0 saturated heterocycles. The maximum absolute atomic E-state index is 9.49. The van der Waals surface area contributed by atoms with Gasteiger partial charge >= 0.3 is 0 Å². The third-order valence-electron chi connectivity index (χ3n) is 4.32. The van der Waals surface area contributed by atoms with Crippen LogP contribution in [0.2, 0.25) is 0 Å². The fraction of sp³-hybridized carbons (Fsp3) is 0.471. The predicted octanol–water partition coefficient (Wildman–Crippen LogP) is 0.966. The Morgan fingerprint density at radius 2 is 2.00 bits per heavy atom. The third-order valence-corrected chi connectivity index (χ3v) is 4.32. The van der Waals surface area contributed by atoms with E-state index in [0.717, 1.165) is 50.6 Å². The Morgan fingerprint density at radius 3 is 2.79 bits per heavy atom. The maximum atomic E-state index is 9.49. The standard InChI is InChI=1S/C17H25N5O2/c1-20-10-14-17(21(2)12-20)19-11-22(14)8-7-18-6-5-13-3-4-15(23)16(24)9-13/h3-4,9,11,18,23-24H,5-8,10,12H2,1-2H3. The first-order valence-electron chi connectivity index (χ1n) is 8.20. The van der Waals surface area contributed by atoms with Gasteiger partial charge in [0.15, 0.2) is 17.3 Å². The molecule has 1 aliphatic rings. The number of nitrogens with one attached hydrogen (secondary N) is 1. The number of aromatic hydroxyl groups is 2. The van der Waals surface area contributed by atoms with Crippen LogP contribution in [-0.2, 0) is 19.5 Å². The summed E-state index contributed by atoms with van der Waals surface area (Å²) in [5, 5.41) is 22.2. The van der Waals surface area contributed by atoms with Crippen LogP contribution in [-0.4, -0.2) is 58.5 Å². The van der Waals surface area contributed by atoms with E-state index < -0.39 is 0 Å². The normalized spacial score (nSPS) is 14.8. The van der Waals surface area contributed by atoms with Crippen molar-refractivity contribution in [2.75, 3.05) is 38.8 Å². The predicted molar refractivity (Wildman–Crippen MR) is 93.3 cm³/mol. The van der Waals surface area contributed by atoms with Crippen molar-refractivity contribution in [1.82, 2.24) is 19.8 Å². The zero-order chi connectivity index (χ0) is 17.1. The molecule has 1 aromatic carbocycles. The first kappa shape index (κ1) is 16.6. The van der Waals surface area contributed by atoms with Crippen molar-refractivity contribution in [2.45, 2.75) is 19.5 Å². The minimum Gasteiger partial charge on any atom is -0.504 e. The van der Waals surface area contributed by atoms with E-state index >= 15 is 0 Å². The number of nitrogens with zero attached hydrogens (tertiary/aromatic N) is 4. The Morgan fingerprint density at radius 1 is 1.17 bits per heavy atom. The summed E-state index contributed by atoms with van der Waals surface area (Å²) in [4.78, 5) is 8.96. The molecule has 0 fully saturated rings. The molecule has 0 atom stereocenters. The lowest BCUT2D eigenvalue weighted by molar-refractivity contribution is 0.304. The van der Waals surface area contributed by atoms with E-state index in [9.17, 15) is 10.2 Å². The van der Waals surface area contributed by atoms with Crippen LogP contribution in [0.3, 0.4) is 0 Å². The van der Waals surface area contributed by atoms with E-state index in [-0.39, 0.29) is 11.5 Å². The van der Waals surface area contributed by atoms with E-state index in [0.29, 0.717) is 0 Å².